The molecule has 1 saturated heterocycles. The van der Waals surface area contributed by atoms with E-state index in [-0.39, 0.29) is 17.0 Å². The van der Waals surface area contributed by atoms with Crippen LogP contribution in [-0.4, -0.2) is 49.6 Å². The Bertz CT molecular complexity index is 1010. The molecule has 2 amide bonds. The first-order valence-corrected chi connectivity index (χ1v) is 11.0. The maximum absolute atomic E-state index is 13.1. The summed E-state index contributed by atoms with van der Waals surface area (Å²) in [5.74, 6) is -0.940. The van der Waals surface area contributed by atoms with E-state index in [2.05, 4.69) is 0 Å². The standard InChI is InChI=1S/C21H25N3O4S/c1-23(15-16-8-7-9-17(14-16)20(22)25)21(26)18-10-3-4-11-19(18)29(27,28)24-12-5-2-6-13-24/h3-4,7-11,14H,2,5-6,12-13,15H2,1H3,(H2,22,25). The van der Waals surface area contributed by atoms with Crippen molar-refractivity contribution >= 4 is 21.8 Å². The number of sulfonamides is 1. The molecule has 29 heavy (non-hydrogen) atoms. The van der Waals surface area contributed by atoms with E-state index in [0.717, 1.165) is 24.8 Å². The number of amides is 2. The minimum atomic E-state index is -3.74. The highest BCUT2D eigenvalue weighted by molar-refractivity contribution is 7.89. The van der Waals surface area contributed by atoms with Gasteiger partial charge >= 0.3 is 0 Å². The molecule has 154 valence electrons. The second-order valence-corrected chi connectivity index (χ2v) is 9.09. The van der Waals surface area contributed by atoms with E-state index in [1.807, 2.05) is 0 Å². The summed E-state index contributed by atoms with van der Waals surface area (Å²) < 4.78 is 27.7. The lowest BCUT2D eigenvalue weighted by atomic mass is 10.1. The molecule has 0 unspecified atom stereocenters. The zero-order valence-corrected chi connectivity index (χ0v) is 17.2. The maximum Gasteiger partial charge on any atom is 0.255 e. The van der Waals surface area contributed by atoms with E-state index >= 15 is 0 Å². The molecule has 2 aromatic rings. The second kappa shape index (κ2) is 8.75. The van der Waals surface area contributed by atoms with Crippen molar-refractivity contribution in [1.82, 2.24) is 9.21 Å². The number of rotatable bonds is 6. The molecule has 0 aliphatic carbocycles. The third-order valence-electron chi connectivity index (χ3n) is 5.03. The van der Waals surface area contributed by atoms with Gasteiger partial charge in [-0.25, -0.2) is 8.42 Å². The van der Waals surface area contributed by atoms with Gasteiger partial charge in [-0.1, -0.05) is 30.7 Å². The summed E-state index contributed by atoms with van der Waals surface area (Å²) in [7, 11) is -2.14. The number of piperidine rings is 1. The second-order valence-electron chi connectivity index (χ2n) is 7.19. The molecule has 2 N–H and O–H groups in total. The number of carbonyl (C=O) groups excluding carboxylic acids is 2. The first-order chi connectivity index (χ1) is 13.8. The quantitative estimate of drug-likeness (QED) is 0.782. The van der Waals surface area contributed by atoms with Gasteiger partial charge in [-0.15, -0.1) is 0 Å². The van der Waals surface area contributed by atoms with Crippen LogP contribution < -0.4 is 5.73 Å². The zero-order valence-electron chi connectivity index (χ0n) is 16.4. The van der Waals surface area contributed by atoms with Crippen molar-refractivity contribution in [2.45, 2.75) is 30.7 Å². The van der Waals surface area contributed by atoms with Gasteiger partial charge < -0.3 is 10.6 Å². The SMILES string of the molecule is CN(Cc1cccc(C(N)=O)c1)C(=O)c1ccccc1S(=O)(=O)N1CCCCC1. The fraction of sp³-hybridized carbons (Fsp3) is 0.333. The molecular formula is C21H25N3O4S. The van der Waals surface area contributed by atoms with Gasteiger partial charge in [0, 0.05) is 32.2 Å². The topological polar surface area (TPSA) is 101 Å². The molecule has 2 aromatic carbocycles. The molecule has 0 saturated carbocycles. The third kappa shape index (κ3) is 4.65. The lowest BCUT2D eigenvalue weighted by Crippen LogP contribution is -2.37. The van der Waals surface area contributed by atoms with Crippen molar-refractivity contribution in [2.75, 3.05) is 20.1 Å². The van der Waals surface area contributed by atoms with Gasteiger partial charge in [0.15, 0.2) is 0 Å². The van der Waals surface area contributed by atoms with Crippen LogP contribution in [0.1, 0.15) is 45.5 Å². The summed E-state index contributed by atoms with van der Waals surface area (Å²) in [5, 5.41) is 0. The van der Waals surface area contributed by atoms with E-state index in [0.29, 0.717) is 18.7 Å². The first kappa shape index (κ1) is 21.0. The Kier molecular flexibility index (Phi) is 6.34. The molecule has 7 nitrogen and oxygen atoms in total. The summed E-state index contributed by atoms with van der Waals surface area (Å²) in [4.78, 5) is 25.9. The van der Waals surface area contributed by atoms with Crippen molar-refractivity contribution in [1.29, 1.82) is 0 Å². The Morgan fingerprint density at radius 2 is 1.72 bits per heavy atom. The fourth-order valence-corrected chi connectivity index (χ4v) is 5.19. The summed E-state index contributed by atoms with van der Waals surface area (Å²) in [6, 6.07) is 13.0. The molecule has 0 bridgehead atoms. The number of nitrogens with zero attached hydrogens (tertiary/aromatic N) is 2. The van der Waals surface area contributed by atoms with Crippen molar-refractivity contribution < 1.29 is 18.0 Å². The van der Waals surface area contributed by atoms with Crippen LogP contribution in [0.25, 0.3) is 0 Å². The van der Waals surface area contributed by atoms with Crippen LogP contribution >= 0.6 is 0 Å². The van der Waals surface area contributed by atoms with Crippen LogP contribution in [0.3, 0.4) is 0 Å². The predicted molar refractivity (Wildman–Crippen MR) is 110 cm³/mol. The van der Waals surface area contributed by atoms with Crippen LogP contribution in [0.15, 0.2) is 53.4 Å². The number of primary amides is 1. The number of nitrogens with two attached hydrogens (primary N) is 1. The molecule has 1 fully saturated rings. The summed E-state index contributed by atoms with van der Waals surface area (Å²) in [6.07, 6.45) is 2.66. The summed E-state index contributed by atoms with van der Waals surface area (Å²) >= 11 is 0. The van der Waals surface area contributed by atoms with Gasteiger partial charge in [0.2, 0.25) is 15.9 Å². The Morgan fingerprint density at radius 3 is 2.41 bits per heavy atom. The van der Waals surface area contributed by atoms with Crippen LogP contribution in [0.2, 0.25) is 0 Å². The molecule has 0 atom stereocenters. The Labute approximate surface area is 171 Å². The van der Waals surface area contributed by atoms with Crippen LogP contribution in [0.5, 0.6) is 0 Å². The van der Waals surface area contributed by atoms with Gasteiger partial charge in [-0.05, 0) is 42.7 Å². The van der Waals surface area contributed by atoms with Gasteiger partial charge in [0.25, 0.3) is 5.91 Å². The summed E-state index contributed by atoms with van der Waals surface area (Å²) in [5.41, 5.74) is 6.55. The van der Waals surface area contributed by atoms with Gasteiger partial charge in [0.1, 0.15) is 0 Å². The molecular weight excluding hydrogens is 390 g/mol. The van der Waals surface area contributed by atoms with Gasteiger partial charge in [-0.2, -0.15) is 4.31 Å². The Hall–Kier alpha value is -2.71. The minimum absolute atomic E-state index is 0.0321. The highest BCUT2D eigenvalue weighted by atomic mass is 32.2. The van der Waals surface area contributed by atoms with E-state index in [9.17, 15) is 18.0 Å². The Balaban J connectivity index is 1.86. The number of carbonyl (C=O) groups is 2. The fourth-order valence-electron chi connectivity index (χ4n) is 3.49. The van der Waals surface area contributed by atoms with E-state index in [1.54, 1.807) is 43.4 Å². The van der Waals surface area contributed by atoms with Crippen LogP contribution in [0.4, 0.5) is 0 Å². The van der Waals surface area contributed by atoms with E-state index < -0.39 is 21.8 Å². The third-order valence-corrected chi connectivity index (χ3v) is 6.99. The van der Waals surface area contributed by atoms with Crippen molar-refractivity contribution in [3.05, 3.63) is 65.2 Å². The lowest BCUT2D eigenvalue weighted by molar-refractivity contribution is 0.0781. The van der Waals surface area contributed by atoms with E-state index in [1.165, 1.54) is 21.3 Å². The summed E-state index contributed by atoms with van der Waals surface area (Å²) in [6.45, 7) is 1.17. The van der Waals surface area contributed by atoms with Crippen LogP contribution in [0, 0.1) is 0 Å². The lowest BCUT2D eigenvalue weighted by Gasteiger charge is -2.27. The average molecular weight is 416 g/mol. The predicted octanol–water partition coefficient (Wildman–Crippen LogP) is 2.23. The van der Waals surface area contributed by atoms with E-state index in [4.69, 9.17) is 5.73 Å². The maximum atomic E-state index is 13.1. The molecule has 1 heterocycles. The number of hydrogen-bond donors (Lipinski definition) is 1. The molecule has 3 rings (SSSR count). The average Bonchev–Trinajstić information content (AvgIpc) is 2.74. The molecule has 0 aromatic heterocycles. The molecule has 0 radical (unpaired) electrons. The largest absolute Gasteiger partial charge is 0.366 e. The zero-order chi connectivity index (χ0) is 21.0. The molecule has 1 aliphatic heterocycles. The van der Waals surface area contributed by atoms with Gasteiger partial charge in [-0.3, -0.25) is 9.59 Å². The molecule has 8 heteroatoms. The number of hydrogen-bond acceptors (Lipinski definition) is 4. The Morgan fingerprint density at radius 1 is 1.03 bits per heavy atom. The normalized spacial score (nSPS) is 15.1. The van der Waals surface area contributed by atoms with Crippen molar-refractivity contribution in [2.24, 2.45) is 5.73 Å². The first-order valence-electron chi connectivity index (χ1n) is 9.54. The highest BCUT2D eigenvalue weighted by Gasteiger charge is 2.30. The molecule has 0 spiro atoms. The smallest absolute Gasteiger partial charge is 0.255 e. The highest BCUT2D eigenvalue weighted by Crippen LogP contribution is 2.24. The van der Waals surface area contributed by atoms with Crippen LogP contribution in [-0.2, 0) is 16.6 Å². The van der Waals surface area contributed by atoms with Crippen molar-refractivity contribution in [3.8, 4) is 0 Å². The monoisotopic (exact) mass is 415 g/mol. The van der Waals surface area contributed by atoms with Crippen molar-refractivity contribution in [3.63, 3.8) is 0 Å². The van der Waals surface area contributed by atoms with Gasteiger partial charge in [0.05, 0.1) is 10.5 Å². The molecule has 1 aliphatic rings. The number of benzene rings is 2. The minimum Gasteiger partial charge on any atom is -0.366 e.